The van der Waals surface area contributed by atoms with Gasteiger partial charge in [0, 0.05) is 6.61 Å². The number of nitrogens with one attached hydrogen (secondary N) is 1. The van der Waals surface area contributed by atoms with Gasteiger partial charge in [-0.05, 0) is 12.8 Å². The monoisotopic (exact) mass is 277 g/mol. The molecule has 0 saturated carbocycles. The van der Waals surface area contributed by atoms with Crippen LogP contribution >= 0.6 is 0 Å². The highest BCUT2D eigenvalue weighted by Gasteiger charge is 2.63. The summed E-state index contributed by atoms with van der Waals surface area (Å²) < 4.78 is 66.1. The first kappa shape index (κ1) is 17.1. The van der Waals surface area contributed by atoms with Crippen molar-refractivity contribution < 1.29 is 31.5 Å². The van der Waals surface area contributed by atoms with E-state index < -0.39 is 24.0 Å². The lowest BCUT2D eigenvalue weighted by Gasteiger charge is -2.25. The molecule has 1 unspecified atom stereocenters. The van der Waals surface area contributed by atoms with Crippen molar-refractivity contribution in [2.45, 2.75) is 38.9 Å². The van der Waals surface area contributed by atoms with Crippen molar-refractivity contribution in [2.24, 2.45) is 5.92 Å². The Morgan fingerprint density at radius 2 is 1.72 bits per heavy atom. The van der Waals surface area contributed by atoms with E-state index in [1.54, 1.807) is 26.1 Å². The van der Waals surface area contributed by atoms with Crippen LogP contribution in [0.25, 0.3) is 0 Å². The first-order valence-corrected chi connectivity index (χ1v) is 5.37. The van der Waals surface area contributed by atoms with Crippen LogP contribution in [0.1, 0.15) is 20.8 Å². The number of carbonyl (C=O) groups excluding carboxylic acids is 1. The van der Waals surface area contributed by atoms with Crippen LogP contribution in [-0.2, 0) is 9.53 Å². The summed E-state index contributed by atoms with van der Waals surface area (Å²) in [5.41, 5.74) is 0. The van der Waals surface area contributed by atoms with Gasteiger partial charge in [-0.2, -0.15) is 22.0 Å². The lowest BCUT2D eigenvalue weighted by Crippen LogP contribution is -2.55. The summed E-state index contributed by atoms with van der Waals surface area (Å²) >= 11 is 0. The zero-order valence-corrected chi connectivity index (χ0v) is 10.3. The number of hydrogen-bond donors (Lipinski definition) is 1. The molecule has 1 N–H and O–H groups in total. The average Bonchev–Trinajstić information content (AvgIpc) is 2.21. The minimum Gasteiger partial charge on any atom is -0.380 e. The van der Waals surface area contributed by atoms with E-state index in [4.69, 9.17) is 4.74 Å². The molecule has 1 amide bonds. The van der Waals surface area contributed by atoms with Crippen LogP contribution in [0.2, 0.25) is 0 Å². The van der Waals surface area contributed by atoms with Gasteiger partial charge in [0.05, 0.1) is 12.6 Å². The third-order valence-corrected chi connectivity index (χ3v) is 2.26. The summed E-state index contributed by atoms with van der Waals surface area (Å²) in [5, 5.41) is 1.66. The van der Waals surface area contributed by atoms with Gasteiger partial charge in [0.25, 0.3) is 0 Å². The van der Waals surface area contributed by atoms with Crippen molar-refractivity contribution in [1.82, 2.24) is 5.32 Å². The Morgan fingerprint density at radius 1 is 1.22 bits per heavy atom. The summed E-state index contributed by atoms with van der Waals surface area (Å²) in [6.07, 6.45) is -5.90. The molecule has 108 valence electrons. The highest BCUT2D eigenvalue weighted by Crippen LogP contribution is 2.35. The standard InChI is InChI=1S/C10H16F5NO2/c1-4-18-5-7(6(2)3)16-8(17)9(11,12)10(13,14)15/h6-7H,4-5H2,1-3H3,(H,16,17). The lowest BCUT2D eigenvalue weighted by atomic mass is 10.0. The van der Waals surface area contributed by atoms with E-state index in [-0.39, 0.29) is 19.1 Å². The molecule has 0 aromatic heterocycles. The van der Waals surface area contributed by atoms with Crippen molar-refractivity contribution in [1.29, 1.82) is 0 Å². The Balaban J connectivity index is 4.69. The Morgan fingerprint density at radius 3 is 2.06 bits per heavy atom. The molecule has 0 radical (unpaired) electrons. The average molecular weight is 277 g/mol. The Labute approximate surface area is 102 Å². The first-order chi connectivity index (χ1) is 8.04. The minimum atomic E-state index is -5.90. The summed E-state index contributed by atoms with van der Waals surface area (Å²) in [7, 11) is 0. The molecule has 18 heavy (non-hydrogen) atoms. The van der Waals surface area contributed by atoms with Crippen LogP contribution in [0.3, 0.4) is 0 Å². The number of amides is 1. The number of halogens is 5. The molecule has 0 spiro atoms. The first-order valence-electron chi connectivity index (χ1n) is 5.37. The molecular weight excluding hydrogens is 261 g/mol. The molecule has 0 aliphatic rings. The van der Waals surface area contributed by atoms with E-state index in [1.807, 2.05) is 0 Å². The number of carbonyl (C=O) groups is 1. The summed E-state index contributed by atoms with van der Waals surface area (Å²) in [6.45, 7) is 4.96. The SMILES string of the molecule is CCOCC(NC(=O)C(F)(F)C(F)(F)F)C(C)C. The largest absolute Gasteiger partial charge is 0.463 e. The maximum atomic E-state index is 12.7. The van der Waals surface area contributed by atoms with Gasteiger partial charge in [-0.25, -0.2) is 0 Å². The molecule has 0 heterocycles. The molecule has 0 rings (SSSR count). The lowest BCUT2D eigenvalue weighted by molar-refractivity contribution is -0.270. The van der Waals surface area contributed by atoms with Crippen molar-refractivity contribution in [3.05, 3.63) is 0 Å². The maximum Gasteiger partial charge on any atom is 0.463 e. The van der Waals surface area contributed by atoms with E-state index in [2.05, 4.69) is 0 Å². The molecule has 0 saturated heterocycles. The van der Waals surface area contributed by atoms with Gasteiger partial charge in [-0.1, -0.05) is 13.8 Å². The van der Waals surface area contributed by atoms with Crippen LogP contribution in [0.5, 0.6) is 0 Å². The Bertz CT molecular complexity index is 278. The number of alkyl halides is 5. The predicted molar refractivity (Wildman–Crippen MR) is 54.3 cm³/mol. The highest BCUT2D eigenvalue weighted by molar-refractivity contribution is 5.84. The van der Waals surface area contributed by atoms with Gasteiger partial charge in [0.15, 0.2) is 0 Å². The molecule has 3 nitrogen and oxygen atoms in total. The number of rotatable bonds is 6. The second kappa shape index (κ2) is 6.31. The second-order valence-electron chi connectivity index (χ2n) is 4.06. The van der Waals surface area contributed by atoms with Crippen molar-refractivity contribution >= 4 is 5.91 Å². The number of hydrogen-bond acceptors (Lipinski definition) is 2. The fourth-order valence-corrected chi connectivity index (χ4v) is 1.03. The molecule has 8 heteroatoms. The van der Waals surface area contributed by atoms with E-state index in [1.165, 1.54) is 0 Å². The molecule has 0 bridgehead atoms. The molecule has 0 aromatic carbocycles. The molecular formula is C10H16F5NO2. The minimum absolute atomic E-state index is 0.117. The van der Waals surface area contributed by atoms with Crippen LogP contribution in [-0.4, -0.2) is 37.3 Å². The van der Waals surface area contributed by atoms with E-state index in [9.17, 15) is 26.7 Å². The smallest absolute Gasteiger partial charge is 0.380 e. The van der Waals surface area contributed by atoms with Crippen molar-refractivity contribution in [3.63, 3.8) is 0 Å². The van der Waals surface area contributed by atoms with Crippen LogP contribution in [0, 0.1) is 5.92 Å². The normalized spacial score (nSPS) is 14.7. The van der Waals surface area contributed by atoms with Crippen molar-refractivity contribution in [3.8, 4) is 0 Å². The van der Waals surface area contributed by atoms with E-state index >= 15 is 0 Å². The van der Waals surface area contributed by atoms with Gasteiger partial charge in [0.2, 0.25) is 0 Å². The molecule has 1 atom stereocenters. The fourth-order valence-electron chi connectivity index (χ4n) is 1.03. The Kier molecular flexibility index (Phi) is 5.98. The third-order valence-electron chi connectivity index (χ3n) is 2.26. The molecule has 0 aliphatic carbocycles. The molecule has 0 aliphatic heterocycles. The Hall–Kier alpha value is -0.920. The molecule has 0 aromatic rings. The zero-order valence-electron chi connectivity index (χ0n) is 10.3. The fraction of sp³-hybridized carbons (Fsp3) is 0.900. The summed E-state index contributed by atoms with van der Waals surface area (Å²) in [6, 6.07) is -0.898. The van der Waals surface area contributed by atoms with Crippen molar-refractivity contribution in [2.75, 3.05) is 13.2 Å². The van der Waals surface area contributed by atoms with E-state index in [0.717, 1.165) is 0 Å². The van der Waals surface area contributed by atoms with Gasteiger partial charge in [-0.3, -0.25) is 4.79 Å². The van der Waals surface area contributed by atoms with Crippen LogP contribution in [0.15, 0.2) is 0 Å². The van der Waals surface area contributed by atoms with Crippen LogP contribution < -0.4 is 5.32 Å². The van der Waals surface area contributed by atoms with Gasteiger partial charge in [0.1, 0.15) is 0 Å². The summed E-state index contributed by atoms with van der Waals surface area (Å²) in [5.74, 6) is -8.08. The van der Waals surface area contributed by atoms with E-state index in [0.29, 0.717) is 0 Å². The third kappa shape index (κ3) is 4.40. The van der Waals surface area contributed by atoms with Gasteiger partial charge in [-0.15, -0.1) is 0 Å². The quantitative estimate of drug-likeness (QED) is 0.757. The topological polar surface area (TPSA) is 38.3 Å². The maximum absolute atomic E-state index is 12.7. The van der Waals surface area contributed by atoms with Gasteiger partial charge >= 0.3 is 18.0 Å². The zero-order chi connectivity index (χ0) is 14.6. The number of ether oxygens (including phenoxy) is 1. The van der Waals surface area contributed by atoms with Crippen LogP contribution in [0.4, 0.5) is 22.0 Å². The second-order valence-corrected chi connectivity index (χ2v) is 4.06. The predicted octanol–water partition coefficient (Wildman–Crippen LogP) is 2.36. The van der Waals surface area contributed by atoms with Gasteiger partial charge < -0.3 is 10.1 Å². The summed E-state index contributed by atoms with van der Waals surface area (Å²) in [4.78, 5) is 11.0. The highest BCUT2D eigenvalue weighted by atomic mass is 19.4. The molecule has 0 fully saturated rings.